The van der Waals surface area contributed by atoms with E-state index in [4.69, 9.17) is 22.3 Å². The summed E-state index contributed by atoms with van der Waals surface area (Å²) >= 11 is 0. The number of nitrogens with two attached hydrogens (primary N) is 3. The zero-order valence-corrected chi connectivity index (χ0v) is 22.9. The number of carboxylic acid groups (broad SMARTS) is 2. The van der Waals surface area contributed by atoms with E-state index in [0.29, 0.717) is 11.1 Å². The number of nitrogens with zero attached hydrogens (tertiary/aromatic N) is 1. The van der Waals surface area contributed by atoms with Gasteiger partial charge >= 0.3 is 11.9 Å². The number of aliphatic imine (C=N–C) groups is 1. The molecule has 0 saturated heterocycles. The molecule has 4 atom stereocenters. The highest BCUT2D eigenvalue weighted by molar-refractivity contribution is 5.95. The topological polar surface area (TPSA) is 252 Å². The zero-order valence-electron chi connectivity index (χ0n) is 22.9. The first-order chi connectivity index (χ1) is 20.0. The van der Waals surface area contributed by atoms with Crippen LogP contribution in [0.3, 0.4) is 0 Å². The van der Waals surface area contributed by atoms with E-state index in [9.17, 15) is 29.1 Å². The molecule has 3 amide bonds. The third-order valence-corrected chi connectivity index (χ3v) is 6.12. The number of benzene rings is 2. The number of hydrogen-bond donors (Lipinski definition) is 8. The van der Waals surface area contributed by atoms with Gasteiger partial charge in [-0.15, -0.1) is 0 Å². The Bertz CT molecular complexity index is 1240. The minimum atomic E-state index is -1.41. The van der Waals surface area contributed by atoms with E-state index >= 15 is 0 Å². The maximum Gasteiger partial charge on any atom is 0.326 e. The molecule has 0 aliphatic heterocycles. The molecule has 11 N–H and O–H groups in total. The van der Waals surface area contributed by atoms with E-state index in [1.54, 1.807) is 60.7 Å². The summed E-state index contributed by atoms with van der Waals surface area (Å²) in [6, 6.07) is 12.3. The Morgan fingerprint density at radius 3 is 1.60 bits per heavy atom. The fourth-order valence-corrected chi connectivity index (χ4v) is 3.98. The summed E-state index contributed by atoms with van der Waals surface area (Å²) in [5.74, 6) is -5.06. The second kappa shape index (κ2) is 17.0. The first-order valence-electron chi connectivity index (χ1n) is 13.2. The van der Waals surface area contributed by atoms with Gasteiger partial charge in [0, 0.05) is 19.4 Å². The summed E-state index contributed by atoms with van der Waals surface area (Å²) in [6.45, 7) is 0.164. The van der Waals surface area contributed by atoms with Gasteiger partial charge in [0.25, 0.3) is 0 Å². The number of nitrogens with one attached hydrogen (secondary N) is 3. The van der Waals surface area contributed by atoms with Gasteiger partial charge in [-0.3, -0.25) is 24.2 Å². The van der Waals surface area contributed by atoms with Crippen molar-refractivity contribution in [1.82, 2.24) is 16.0 Å². The summed E-state index contributed by atoms with van der Waals surface area (Å²) in [7, 11) is 0. The monoisotopic (exact) mass is 583 g/mol. The summed E-state index contributed by atoms with van der Waals surface area (Å²) in [4.78, 5) is 66.2. The van der Waals surface area contributed by atoms with Crippen molar-refractivity contribution in [2.45, 2.75) is 56.3 Å². The molecule has 2 aromatic carbocycles. The van der Waals surface area contributed by atoms with E-state index < -0.39 is 60.2 Å². The Labute approximate surface area is 242 Å². The Balaban J connectivity index is 2.27. The summed E-state index contributed by atoms with van der Waals surface area (Å²) in [6.07, 6.45) is -0.321. The summed E-state index contributed by atoms with van der Waals surface area (Å²) in [5.41, 5.74) is 17.6. The normalized spacial score (nSPS) is 13.5. The van der Waals surface area contributed by atoms with Crippen molar-refractivity contribution in [3.8, 4) is 0 Å². The number of aliphatic carboxylic acids is 2. The largest absolute Gasteiger partial charge is 0.481 e. The quantitative estimate of drug-likeness (QED) is 0.0631. The molecule has 0 aliphatic rings. The molecule has 0 radical (unpaired) electrons. The van der Waals surface area contributed by atoms with Gasteiger partial charge in [-0.2, -0.15) is 0 Å². The van der Waals surface area contributed by atoms with Crippen LogP contribution < -0.4 is 33.2 Å². The third-order valence-electron chi connectivity index (χ3n) is 6.12. The van der Waals surface area contributed by atoms with Crippen LogP contribution in [0.25, 0.3) is 0 Å². The molecule has 0 saturated carbocycles. The van der Waals surface area contributed by atoms with Gasteiger partial charge in [-0.25, -0.2) is 4.79 Å². The molecular formula is C28H37N7O7. The van der Waals surface area contributed by atoms with Crippen molar-refractivity contribution in [3.63, 3.8) is 0 Å². The maximum absolute atomic E-state index is 13.5. The van der Waals surface area contributed by atoms with Crippen LogP contribution in [0.5, 0.6) is 0 Å². The molecule has 0 bridgehead atoms. The van der Waals surface area contributed by atoms with Crippen LogP contribution in [0.2, 0.25) is 0 Å². The molecule has 0 aliphatic carbocycles. The first kappa shape index (κ1) is 33.2. The van der Waals surface area contributed by atoms with Crippen molar-refractivity contribution in [3.05, 3.63) is 71.8 Å². The lowest BCUT2D eigenvalue weighted by molar-refractivity contribution is -0.142. The van der Waals surface area contributed by atoms with Crippen molar-refractivity contribution in [2.75, 3.05) is 6.54 Å². The zero-order chi connectivity index (χ0) is 31.1. The predicted molar refractivity (Wildman–Crippen MR) is 154 cm³/mol. The Hall–Kier alpha value is -4.98. The van der Waals surface area contributed by atoms with E-state index in [2.05, 4.69) is 20.9 Å². The Morgan fingerprint density at radius 2 is 1.17 bits per heavy atom. The smallest absolute Gasteiger partial charge is 0.326 e. The fourth-order valence-electron chi connectivity index (χ4n) is 3.98. The molecule has 0 spiro atoms. The van der Waals surface area contributed by atoms with Gasteiger partial charge < -0.3 is 43.4 Å². The van der Waals surface area contributed by atoms with Crippen LogP contribution in [0.4, 0.5) is 0 Å². The molecule has 0 fully saturated rings. The van der Waals surface area contributed by atoms with Crippen molar-refractivity contribution >= 4 is 35.6 Å². The SMILES string of the molecule is NC(N)=NCCCC(NC(=O)C(Cc1ccccc1)NC(=O)C(Cc1ccccc1)NC(=O)C(N)CC(=O)O)C(=O)O. The third kappa shape index (κ3) is 12.0. The molecule has 14 heteroatoms. The minimum Gasteiger partial charge on any atom is -0.481 e. The minimum absolute atomic E-state index is 0.0143. The van der Waals surface area contributed by atoms with E-state index in [-0.39, 0.29) is 38.2 Å². The predicted octanol–water partition coefficient (Wildman–Crippen LogP) is -1.13. The number of carbonyl (C=O) groups is 5. The van der Waals surface area contributed by atoms with Gasteiger partial charge in [0.2, 0.25) is 17.7 Å². The van der Waals surface area contributed by atoms with Gasteiger partial charge in [-0.05, 0) is 24.0 Å². The van der Waals surface area contributed by atoms with Crippen LogP contribution in [-0.4, -0.2) is 76.5 Å². The number of rotatable bonds is 17. The second-order valence-electron chi connectivity index (χ2n) is 9.55. The molecule has 0 aromatic heterocycles. The second-order valence-corrected chi connectivity index (χ2v) is 9.55. The number of guanidine groups is 1. The highest BCUT2D eigenvalue weighted by Crippen LogP contribution is 2.09. The van der Waals surface area contributed by atoms with Crippen molar-refractivity contribution in [1.29, 1.82) is 0 Å². The average molecular weight is 584 g/mol. The molecular weight excluding hydrogens is 546 g/mol. The molecule has 2 rings (SSSR count). The van der Waals surface area contributed by atoms with E-state index in [1.807, 2.05) is 0 Å². The number of amides is 3. The molecule has 226 valence electrons. The summed E-state index contributed by atoms with van der Waals surface area (Å²) in [5, 5.41) is 26.2. The van der Waals surface area contributed by atoms with Gasteiger partial charge in [-0.1, -0.05) is 60.7 Å². The number of hydrogen-bond acceptors (Lipinski definition) is 7. The Morgan fingerprint density at radius 1 is 0.714 bits per heavy atom. The van der Waals surface area contributed by atoms with Crippen molar-refractivity contribution in [2.24, 2.45) is 22.2 Å². The van der Waals surface area contributed by atoms with Crippen LogP contribution >= 0.6 is 0 Å². The molecule has 2 aromatic rings. The molecule has 14 nitrogen and oxygen atoms in total. The van der Waals surface area contributed by atoms with Crippen LogP contribution in [0.15, 0.2) is 65.7 Å². The van der Waals surface area contributed by atoms with E-state index in [0.717, 1.165) is 0 Å². The lowest BCUT2D eigenvalue weighted by atomic mass is 10.0. The molecule has 0 heterocycles. The standard InChI is InChI=1S/C28H37N7O7/c29-19(16-23(36)37)24(38)34-21(14-17-8-3-1-4-9-17)26(40)35-22(15-18-10-5-2-6-11-18)25(39)33-20(27(41)42)12-7-13-32-28(30)31/h1-6,8-11,19-22H,7,12-16,29H2,(H,33,39)(H,34,38)(H,35,40)(H,36,37)(H,41,42)(H4,30,31,32). The van der Waals surface area contributed by atoms with Crippen LogP contribution in [0.1, 0.15) is 30.4 Å². The van der Waals surface area contributed by atoms with E-state index in [1.165, 1.54) is 0 Å². The molecule has 4 unspecified atom stereocenters. The maximum atomic E-state index is 13.5. The lowest BCUT2D eigenvalue weighted by Crippen LogP contribution is -2.58. The van der Waals surface area contributed by atoms with Gasteiger partial charge in [0.05, 0.1) is 12.5 Å². The van der Waals surface area contributed by atoms with Crippen LogP contribution in [0, 0.1) is 0 Å². The van der Waals surface area contributed by atoms with Gasteiger partial charge in [0.1, 0.15) is 18.1 Å². The highest BCUT2D eigenvalue weighted by atomic mass is 16.4. The Kier molecular flexibility index (Phi) is 13.4. The summed E-state index contributed by atoms with van der Waals surface area (Å²) < 4.78 is 0. The fraction of sp³-hybridized carbons (Fsp3) is 0.357. The number of carbonyl (C=O) groups excluding carboxylic acids is 3. The first-order valence-corrected chi connectivity index (χ1v) is 13.2. The average Bonchev–Trinajstić information content (AvgIpc) is 2.94. The van der Waals surface area contributed by atoms with Crippen molar-refractivity contribution < 1.29 is 34.2 Å². The van der Waals surface area contributed by atoms with Crippen LogP contribution in [-0.2, 0) is 36.8 Å². The lowest BCUT2D eigenvalue weighted by Gasteiger charge is -2.25. The highest BCUT2D eigenvalue weighted by Gasteiger charge is 2.31. The number of carboxylic acids is 2. The molecule has 42 heavy (non-hydrogen) atoms. The van der Waals surface area contributed by atoms with Gasteiger partial charge in [0.15, 0.2) is 5.96 Å².